The van der Waals surface area contributed by atoms with E-state index in [9.17, 15) is 9.59 Å². The molecule has 134 valence electrons. The summed E-state index contributed by atoms with van der Waals surface area (Å²) in [5, 5.41) is 5.22. The average Bonchev–Trinajstić information content (AvgIpc) is 3.05. The van der Waals surface area contributed by atoms with E-state index in [2.05, 4.69) is 15.5 Å². The first-order chi connectivity index (χ1) is 12.5. The first-order valence-corrected chi connectivity index (χ1v) is 9.30. The molecule has 3 aromatic rings. The second kappa shape index (κ2) is 7.99. The van der Waals surface area contributed by atoms with Crippen molar-refractivity contribution in [1.29, 1.82) is 0 Å². The Bertz CT molecular complexity index is 1060. The molecule has 0 aliphatic rings. The SMILES string of the molecule is CCc1cc2c(=O)n(CC(=O)N/N=C/c3ccc(Cl)c(Cl)c3)cnc2s1. The maximum atomic E-state index is 12.4. The summed E-state index contributed by atoms with van der Waals surface area (Å²) in [6.07, 6.45) is 3.66. The highest BCUT2D eigenvalue weighted by atomic mass is 35.5. The smallest absolute Gasteiger partial charge is 0.262 e. The molecule has 1 amide bonds. The van der Waals surface area contributed by atoms with Crippen molar-refractivity contribution in [3.8, 4) is 0 Å². The zero-order valence-corrected chi connectivity index (χ0v) is 16.0. The first kappa shape index (κ1) is 18.6. The van der Waals surface area contributed by atoms with E-state index in [0.29, 0.717) is 25.8 Å². The van der Waals surface area contributed by atoms with Crippen LogP contribution in [0.5, 0.6) is 0 Å². The lowest BCUT2D eigenvalue weighted by Gasteiger charge is -2.03. The summed E-state index contributed by atoms with van der Waals surface area (Å²) >= 11 is 13.2. The lowest BCUT2D eigenvalue weighted by atomic mass is 10.2. The molecule has 26 heavy (non-hydrogen) atoms. The quantitative estimate of drug-likeness (QED) is 0.518. The zero-order chi connectivity index (χ0) is 18.7. The topological polar surface area (TPSA) is 76.3 Å². The molecule has 0 spiro atoms. The van der Waals surface area contributed by atoms with Crippen LogP contribution in [0.25, 0.3) is 10.2 Å². The Morgan fingerprint density at radius 1 is 1.35 bits per heavy atom. The highest BCUT2D eigenvalue weighted by molar-refractivity contribution is 7.18. The molecule has 0 aliphatic carbocycles. The minimum Gasteiger partial charge on any atom is -0.289 e. The Morgan fingerprint density at radius 3 is 2.88 bits per heavy atom. The van der Waals surface area contributed by atoms with Crippen molar-refractivity contribution in [2.24, 2.45) is 5.10 Å². The van der Waals surface area contributed by atoms with Crippen molar-refractivity contribution in [2.75, 3.05) is 0 Å². The van der Waals surface area contributed by atoms with Crippen molar-refractivity contribution in [3.05, 3.63) is 61.4 Å². The van der Waals surface area contributed by atoms with Gasteiger partial charge in [-0.1, -0.05) is 36.2 Å². The zero-order valence-electron chi connectivity index (χ0n) is 13.7. The van der Waals surface area contributed by atoms with E-state index in [4.69, 9.17) is 23.2 Å². The number of carbonyl (C=O) groups is 1. The molecule has 0 atom stereocenters. The largest absolute Gasteiger partial charge is 0.289 e. The average molecular weight is 409 g/mol. The van der Waals surface area contributed by atoms with Gasteiger partial charge in [-0.05, 0) is 30.2 Å². The minimum absolute atomic E-state index is 0.169. The van der Waals surface area contributed by atoms with Gasteiger partial charge in [-0.3, -0.25) is 14.2 Å². The molecule has 2 heterocycles. The number of carbonyl (C=O) groups excluding carboxylic acids is 1. The molecule has 0 saturated carbocycles. The van der Waals surface area contributed by atoms with Crippen molar-refractivity contribution < 1.29 is 4.79 Å². The fraction of sp³-hybridized carbons (Fsp3) is 0.176. The van der Waals surface area contributed by atoms with Crippen LogP contribution >= 0.6 is 34.5 Å². The molecule has 0 aliphatic heterocycles. The first-order valence-electron chi connectivity index (χ1n) is 7.72. The van der Waals surface area contributed by atoms with E-state index < -0.39 is 5.91 Å². The van der Waals surface area contributed by atoms with Gasteiger partial charge >= 0.3 is 0 Å². The molecular weight excluding hydrogens is 395 g/mol. The number of hydrogen-bond donors (Lipinski definition) is 1. The van der Waals surface area contributed by atoms with E-state index in [1.165, 1.54) is 28.4 Å². The summed E-state index contributed by atoms with van der Waals surface area (Å²) in [6, 6.07) is 6.81. The summed E-state index contributed by atoms with van der Waals surface area (Å²) in [5.74, 6) is -0.435. The molecule has 1 aromatic carbocycles. The molecule has 0 bridgehead atoms. The van der Waals surface area contributed by atoms with Crippen LogP contribution in [0, 0.1) is 0 Å². The van der Waals surface area contributed by atoms with E-state index in [0.717, 1.165) is 11.3 Å². The van der Waals surface area contributed by atoms with E-state index in [1.54, 1.807) is 18.2 Å². The van der Waals surface area contributed by atoms with Crippen LogP contribution in [0.1, 0.15) is 17.4 Å². The maximum Gasteiger partial charge on any atom is 0.262 e. The number of hydrazone groups is 1. The number of nitrogens with one attached hydrogen (secondary N) is 1. The van der Waals surface area contributed by atoms with Crippen LogP contribution in [-0.4, -0.2) is 21.7 Å². The molecule has 9 heteroatoms. The van der Waals surface area contributed by atoms with E-state index in [1.807, 2.05) is 13.0 Å². The maximum absolute atomic E-state index is 12.4. The Labute approximate surface area is 163 Å². The second-order valence-electron chi connectivity index (χ2n) is 5.43. The lowest BCUT2D eigenvalue weighted by molar-refractivity contribution is -0.121. The number of hydrogen-bond acceptors (Lipinski definition) is 5. The van der Waals surface area contributed by atoms with Gasteiger partial charge in [0.15, 0.2) is 0 Å². The third-order valence-corrected chi connectivity index (χ3v) is 5.50. The fourth-order valence-corrected chi connectivity index (χ4v) is 3.49. The third-order valence-electron chi connectivity index (χ3n) is 3.58. The predicted molar refractivity (Wildman–Crippen MR) is 105 cm³/mol. The number of thiophene rings is 1. The summed E-state index contributed by atoms with van der Waals surface area (Å²) in [6.45, 7) is 1.85. The van der Waals surface area contributed by atoms with Crippen LogP contribution in [-0.2, 0) is 17.8 Å². The van der Waals surface area contributed by atoms with Gasteiger partial charge in [0.2, 0.25) is 0 Å². The summed E-state index contributed by atoms with van der Waals surface area (Å²) in [7, 11) is 0. The van der Waals surface area contributed by atoms with Gasteiger partial charge in [-0.15, -0.1) is 11.3 Å². The van der Waals surface area contributed by atoms with Crippen molar-refractivity contribution in [1.82, 2.24) is 15.0 Å². The molecule has 3 rings (SSSR count). The Balaban J connectivity index is 1.69. The number of halogens is 2. The fourth-order valence-electron chi connectivity index (χ4n) is 2.26. The number of rotatable bonds is 5. The van der Waals surface area contributed by atoms with Crippen LogP contribution in [0.2, 0.25) is 10.0 Å². The Hall–Kier alpha value is -2.22. The molecule has 0 unspecified atom stereocenters. The lowest BCUT2D eigenvalue weighted by Crippen LogP contribution is -2.29. The van der Waals surface area contributed by atoms with Gasteiger partial charge in [0, 0.05) is 4.88 Å². The summed E-state index contributed by atoms with van der Waals surface area (Å²) in [4.78, 5) is 30.5. The minimum atomic E-state index is -0.435. The molecular formula is C17H14Cl2N4O2S. The van der Waals surface area contributed by atoms with Gasteiger partial charge < -0.3 is 0 Å². The third kappa shape index (κ3) is 4.12. The van der Waals surface area contributed by atoms with Gasteiger partial charge in [0.25, 0.3) is 11.5 Å². The van der Waals surface area contributed by atoms with E-state index in [-0.39, 0.29) is 12.1 Å². The van der Waals surface area contributed by atoms with Gasteiger partial charge in [0.05, 0.1) is 28.0 Å². The Kier molecular flexibility index (Phi) is 5.70. The molecule has 0 saturated heterocycles. The van der Waals surface area contributed by atoms with Crippen molar-refractivity contribution >= 4 is 56.9 Å². The van der Waals surface area contributed by atoms with Gasteiger partial charge in [-0.25, -0.2) is 10.4 Å². The number of fused-ring (bicyclic) bond motifs is 1. The number of nitrogens with zero attached hydrogens (tertiary/aromatic N) is 3. The Morgan fingerprint density at radius 2 is 2.15 bits per heavy atom. The van der Waals surface area contributed by atoms with Crippen molar-refractivity contribution in [3.63, 3.8) is 0 Å². The molecule has 0 radical (unpaired) electrons. The number of benzene rings is 1. The van der Waals surface area contributed by atoms with Crippen LogP contribution < -0.4 is 11.0 Å². The van der Waals surface area contributed by atoms with Gasteiger partial charge in [0.1, 0.15) is 11.4 Å². The number of aryl methyl sites for hydroxylation is 1. The normalized spacial score (nSPS) is 11.3. The molecule has 6 nitrogen and oxygen atoms in total. The second-order valence-corrected chi connectivity index (χ2v) is 7.36. The summed E-state index contributed by atoms with van der Waals surface area (Å²) < 4.78 is 1.26. The van der Waals surface area contributed by atoms with Crippen molar-refractivity contribution in [2.45, 2.75) is 19.9 Å². The highest BCUT2D eigenvalue weighted by Crippen LogP contribution is 2.22. The van der Waals surface area contributed by atoms with Crippen LogP contribution in [0.3, 0.4) is 0 Å². The molecule has 2 aromatic heterocycles. The molecule has 0 fully saturated rings. The van der Waals surface area contributed by atoms with Gasteiger partial charge in [-0.2, -0.15) is 5.10 Å². The van der Waals surface area contributed by atoms with Crippen LogP contribution in [0.15, 0.2) is 40.5 Å². The summed E-state index contributed by atoms with van der Waals surface area (Å²) in [5.41, 5.74) is 2.82. The van der Waals surface area contributed by atoms with E-state index >= 15 is 0 Å². The molecule has 1 N–H and O–H groups in total. The standard InChI is InChI=1S/C17H14Cl2N4O2S/c1-2-11-6-12-16(26-11)20-9-23(17(12)25)8-15(24)22-21-7-10-3-4-13(18)14(19)5-10/h3-7,9H,2,8H2,1H3,(H,22,24)/b21-7+. The number of amides is 1. The van der Waals surface area contributed by atoms with Crippen LogP contribution in [0.4, 0.5) is 0 Å². The highest BCUT2D eigenvalue weighted by Gasteiger charge is 2.10. The predicted octanol–water partition coefficient (Wildman–Crippen LogP) is 3.48. The monoisotopic (exact) mass is 408 g/mol. The number of aromatic nitrogens is 2.